The molecule has 0 aliphatic carbocycles. The Morgan fingerprint density at radius 3 is 1.12 bits per heavy atom. The van der Waals surface area contributed by atoms with Crippen LogP contribution < -0.4 is 56.5 Å². The van der Waals surface area contributed by atoms with Crippen LogP contribution in [-0.4, -0.2) is 177 Å². The van der Waals surface area contributed by atoms with E-state index in [0.29, 0.717) is 32.2 Å². The van der Waals surface area contributed by atoms with E-state index in [4.69, 9.17) is 42.7 Å². The molecule has 2 amide bonds. The zero-order valence-corrected chi connectivity index (χ0v) is 49.6. The zero-order valence-electron chi connectivity index (χ0n) is 46.8. The summed E-state index contributed by atoms with van der Waals surface area (Å²) >= 11 is 4.60. The van der Waals surface area contributed by atoms with Gasteiger partial charge in [0.05, 0.1) is 66.0 Å². The molecule has 29 heteroatoms. The molecule has 6 aliphatic heterocycles. The van der Waals surface area contributed by atoms with Gasteiger partial charge in [0.15, 0.2) is 0 Å². The summed E-state index contributed by atoms with van der Waals surface area (Å²) in [5.74, 6) is 0. The smallest absolute Gasteiger partial charge is 0.662 e. The van der Waals surface area contributed by atoms with Gasteiger partial charge in [-0.2, -0.15) is 15.3 Å². The first-order chi connectivity index (χ1) is 34.2. The van der Waals surface area contributed by atoms with Crippen LogP contribution >= 0.6 is 11.6 Å². The molecule has 6 saturated heterocycles. The van der Waals surface area contributed by atoms with E-state index < -0.39 is 25.3 Å². The van der Waals surface area contributed by atoms with Crippen molar-refractivity contribution in [2.75, 3.05) is 53.5 Å². The van der Waals surface area contributed by atoms with Crippen molar-refractivity contribution in [1.29, 1.82) is 0 Å². The van der Waals surface area contributed by atoms with Gasteiger partial charge in [0.1, 0.15) is 5.60 Å². The van der Waals surface area contributed by atoms with E-state index in [2.05, 4.69) is 74.3 Å². The minimum Gasteiger partial charge on any atom is -0.662 e. The monoisotopic (exact) mass is 1100 g/mol. The van der Waals surface area contributed by atoms with Gasteiger partial charge in [0, 0.05) is 104 Å². The number of hydrogen-bond acceptors (Lipinski definition) is 19. The molecule has 1 N–H and O–H groups in total. The van der Waals surface area contributed by atoms with Crippen molar-refractivity contribution in [3.05, 3.63) is 37.2 Å². The number of hydrogen-bond donors (Lipinski definition) is 1. The second kappa shape index (κ2) is 26.0. The van der Waals surface area contributed by atoms with Gasteiger partial charge < -0.3 is 67.4 Å². The summed E-state index contributed by atoms with van der Waals surface area (Å²) in [7, 11) is 1.48. The van der Waals surface area contributed by atoms with Crippen LogP contribution in [0.5, 0.6) is 0 Å². The zero-order chi connectivity index (χ0) is 55.4. The van der Waals surface area contributed by atoms with Crippen LogP contribution in [0.3, 0.4) is 0 Å². The van der Waals surface area contributed by atoms with E-state index in [1.807, 2.05) is 115 Å². The number of ether oxygens (including phenoxy) is 3. The topological polar surface area (TPSA) is 256 Å². The van der Waals surface area contributed by atoms with Crippen molar-refractivity contribution in [2.24, 2.45) is 0 Å². The molecule has 9 rings (SSSR count). The fraction of sp³-hybridized carbons (Fsp3) is 0.723. The fourth-order valence-corrected chi connectivity index (χ4v) is 7.42. The van der Waals surface area contributed by atoms with Crippen molar-refractivity contribution in [3.8, 4) is 0 Å². The number of aromatic nitrogens is 6. The molecule has 0 saturated carbocycles. The molecular formula is C47H78B3ClN9NaO15. The molecule has 3 aromatic rings. The molecule has 0 bridgehead atoms. The predicted molar refractivity (Wildman–Crippen MR) is 278 cm³/mol. The molecule has 6 aliphatic rings. The van der Waals surface area contributed by atoms with E-state index in [1.165, 1.54) is 14.2 Å². The molecule has 418 valence electrons. The number of rotatable bonds is 7. The van der Waals surface area contributed by atoms with Crippen LogP contribution in [0, 0.1) is 0 Å². The SMILES string of the molecule is C.CC(C)(C)OC(=O)N1CC(n2cc(B3OC(C)(C)C(C)(C)O3)cn2)C1.CC1(C)OB(c2cnn(C3CNC3)c2)OC1(C)C.COC(=O)Cl.COC(=O)N1CC(n2cc(B3OC(C)(C)C(C)(C)O3)cn2)C1.O=CO[O-].[Na+]. The largest absolute Gasteiger partial charge is 1.00 e. The Hall–Kier alpha value is -3.73. The maximum Gasteiger partial charge on any atom is 1.00 e. The summed E-state index contributed by atoms with van der Waals surface area (Å²) in [6.45, 7) is 34.3. The maximum absolute atomic E-state index is 12.0. The first kappa shape index (κ1) is 66.6. The Morgan fingerprint density at radius 1 is 0.618 bits per heavy atom. The number of methoxy groups -OCH3 is 2. The number of carbonyl (C=O) groups excluding carboxylic acids is 4. The van der Waals surface area contributed by atoms with Crippen molar-refractivity contribution >= 4 is 73.4 Å². The van der Waals surface area contributed by atoms with Gasteiger partial charge >= 0.3 is 68.5 Å². The van der Waals surface area contributed by atoms with Crippen LogP contribution in [0.1, 0.15) is 129 Å². The predicted octanol–water partition coefficient (Wildman–Crippen LogP) is 0.173. The van der Waals surface area contributed by atoms with Gasteiger partial charge in [-0.1, -0.05) is 7.43 Å². The first-order valence-electron chi connectivity index (χ1n) is 24.4. The molecule has 3 aromatic heterocycles. The molecule has 76 heavy (non-hydrogen) atoms. The molecule has 0 spiro atoms. The van der Waals surface area contributed by atoms with Crippen LogP contribution in [0.2, 0.25) is 0 Å². The molecule has 0 radical (unpaired) electrons. The molecule has 0 aromatic carbocycles. The van der Waals surface area contributed by atoms with Gasteiger partial charge in [-0.3, -0.25) is 18.8 Å². The average molecular weight is 1100 g/mol. The molecular weight excluding hydrogens is 1020 g/mol. The number of nitrogens with zero attached hydrogens (tertiary/aromatic N) is 8. The van der Waals surface area contributed by atoms with Crippen LogP contribution in [0.25, 0.3) is 0 Å². The third-order valence-corrected chi connectivity index (χ3v) is 14.5. The number of nitrogens with one attached hydrogen (secondary N) is 1. The van der Waals surface area contributed by atoms with Crippen molar-refractivity contribution < 1.29 is 101 Å². The third kappa shape index (κ3) is 16.2. The van der Waals surface area contributed by atoms with Crippen LogP contribution in [0.4, 0.5) is 14.4 Å². The van der Waals surface area contributed by atoms with Gasteiger partial charge in [0.25, 0.3) is 6.47 Å². The second-order valence-electron chi connectivity index (χ2n) is 22.5. The van der Waals surface area contributed by atoms with Gasteiger partial charge in [0.2, 0.25) is 0 Å². The normalized spacial score (nSPS) is 21.3. The van der Waals surface area contributed by atoms with E-state index in [1.54, 1.807) is 22.2 Å². The van der Waals surface area contributed by atoms with Gasteiger partial charge in [-0.15, -0.1) is 0 Å². The number of amides is 2. The summed E-state index contributed by atoms with van der Waals surface area (Å²) < 4.78 is 55.8. The fourth-order valence-electron chi connectivity index (χ4n) is 7.42. The third-order valence-electron chi connectivity index (χ3n) is 14.3. The Bertz CT molecular complexity index is 2340. The van der Waals surface area contributed by atoms with E-state index in [-0.39, 0.29) is 108 Å². The van der Waals surface area contributed by atoms with Crippen molar-refractivity contribution in [2.45, 2.75) is 169 Å². The minimum atomic E-state index is -0.773. The summed E-state index contributed by atoms with van der Waals surface area (Å²) in [6.07, 6.45) is 10.7. The van der Waals surface area contributed by atoms with Crippen LogP contribution in [-0.2, 0) is 51.8 Å². The molecule has 24 nitrogen and oxygen atoms in total. The van der Waals surface area contributed by atoms with Gasteiger partial charge in [-0.05, 0) is 104 Å². The molecule has 0 atom stereocenters. The van der Waals surface area contributed by atoms with E-state index in [9.17, 15) is 14.4 Å². The summed E-state index contributed by atoms with van der Waals surface area (Å²) in [4.78, 5) is 47.3. The molecule has 6 fully saturated rings. The van der Waals surface area contributed by atoms with E-state index >= 15 is 0 Å². The van der Waals surface area contributed by atoms with Crippen molar-refractivity contribution in [3.63, 3.8) is 0 Å². The molecule has 9 heterocycles. The van der Waals surface area contributed by atoms with Gasteiger partial charge in [-0.25, -0.2) is 14.4 Å². The van der Waals surface area contributed by atoms with E-state index in [0.717, 1.165) is 29.5 Å². The standard InChI is InChI=1S/C17H28BN3O4.C14H22BN3O4.C12H20BN3O2.C2H3ClO2.CH2O3.CH4.Na/c1-15(2,3)23-14(22)20-10-13(11-20)21-9-12(8-19-21)18-24-16(4,5)17(6,7)25-18;1-13(2)14(3,4)22-15(21-13)10-6-16-18(7-10)11-8-17(9-11)12(19)20-5;1-11(2)12(3,4)18-13(17-11)9-5-15-16(8-9)10-6-14-7-10;1-5-2(3)4;2-1-4-3;;/h8-9,13H,10-11H2,1-7H3;6-7,11H,8-9H2,1-5H3;5,8,10,14H,6-7H2,1-4H3;1H3;1,3H;1H4;/q;;;;;;+1/p-1. The minimum absolute atomic E-state index is 0. The summed E-state index contributed by atoms with van der Waals surface area (Å²) in [5.41, 5.74) is -0.508. The second-order valence-corrected chi connectivity index (χ2v) is 22.8. The average Bonchev–Trinajstić information content (AvgIpc) is 4.09. The number of likely N-dealkylation sites (tertiary alicyclic amines) is 2. The number of halogens is 1. The Morgan fingerprint density at radius 2 is 0.895 bits per heavy atom. The summed E-state index contributed by atoms with van der Waals surface area (Å²) in [6, 6.07) is 0.806. The first-order valence-corrected chi connectivity index (χ1v) is 24.7. The quantitative estimate of drug-likeness (QED) is 0.0827. The Balaban J connectivity index is 0.000000276. The summed E-state index contributed by atoms with van der Waals surface area (Å²) in [5, 5.41) is 24.9. The molecule has 0 unspecified atom stereocenters. The maximum atomic E-state index is 12.0. The Kier molecular flexibility index (Phi) is 22.8. The van der Waals surface area contributed by atoms with Crippen molar-refractivity contribution in [1.82, 2.24) is 44.5 Å². The number of carbonyl (C=O) groups is 4. The van der Waals surface area contributed by atoms with Crippen LogP contribution in [0.15, 0.2) is 37.2 Å². The Labute approximate surface area is 475 Å².